The number of hydrogen-bond donors (Lipinski definition) is 0. The molecule has 0 saturated carbocycles. The van der Waals surface area contributed by atoms with Crippen molar-refractivity contribution in [2.45, 2.75) is 13.3 Å². The maximum Gasteiger partial charge on any atom is 0.156 e. The van der Waals surface area contributed by atoms with Gasteiger partial charge in [0.05, 0.1) is 0 Å². The Hall–Kier alpha value is -2.23. The van der Waals surface area contributed by atoms with Crippen molar-refractivity contribution >= 4 is 5.65 Å². The fraction of sp³-hybridized carbons (Fsp3) is 0.143. The number of nitrogens with zero attached hydrogens (tertiary/aromatic N) is 3. The van der Waals surface area contributed by atoms with Crippen LogP contribution in [0.25, 0.3) is 5.65 Å². The second-order valence-corrected chi connectivity index (χ2v) is 4.34. The van der Waals surface area contributed by atoms with E-state index < -0.39 is 0 Å². The van der Waals surface area contributed by atoms with Crippen molar-refractivity contribution in [1.29, 1.82) is 0 Å². The van der Waals surface area contributed by atoms with Gasteiger partial charge in [-0.05, 0) is 36.2 Å². The molecule has 0 bridgehead atoms. The van der Waals surface area contributed by atoms with E-state index in [2.05, 4.69) is 10.1 Å². The largest absolute Gasteiger partial charge is 0.221 e. The molecule has 0 unspecified atom stereocenters. The molecule has 0 saturated heterocycles. The van der Waals surface area contributed by atoms with Crippen molar-refractivity contribution in [1.82, 2.24) is 14.6 Å². The highest BCUT2D eigenvalue weighted by atomic mass is 19.1. The van der Waals surface area contributed by atoms with E-state index in [-0.39, 0.29) is 5.82 Å². The zero-order valence-electron chi connectivity index (χ0n) is 9.97. The van der Waals surface area contributed by atoms with Gasteiger partial charge < -0.3 is 0 Å². The first-order valence-electron chi connectivity index (χ1n) is 5.77. The van der Waals surface area contributed by atoms with Gasteiger partial charge in [0.1, 0.15) is 5.82 Å². The second-order valence-electron chi connectivity index (χ2n) is 4.34. The maximum absolute atomic E-state index is 12.8. The van der Waals surface area contributed by atoms with Crippen LogP contribution in [-0.4, -0.2) is 14.6 Å². The quantitative estimate of drug-likeness (QED) is 0.690. The van der Waals surface area contributed by atoms with Gasteiger partial charge in [0.15, 0.2) is 11.5 Å². The summed E-state index contributed by atoms with van der Waals surface area (Å²) in [5, 5.41) is 4.40. The zero-order chi connectivity index (χ0) is 12.5. The van der Waals surface area contributed by atoms with Crippen LogP contribution in [-0.2, 0) is 6.42 Å². The number of aryl methyl sites for hydroxylation is 1. The number of pyridine rings is 1. The first kappa shape index (κ1) is 10.9. The summed E-state index contributed by atoms with van der Waals surface area (Å²) in [6, 6.07) is 10.4. The number of fused-ring (bicyclic) bond motifs is 1. The smallest absolute Gasteiger partial charge is 0.156 e. The highest BCUT2D eigenvalue weighted by Crippen LogP contribution is 2.09. The first-order chi connectivity index (χ1) is 8.70. The molecule has 90 valence electrons. The van der Waals surface area contributed by atoms with Crippen molar-refractivity contribution in [3.63, 3.8) is 0 Å². The molecule has 0 amide bonds. The van der Waals surface area contributed by atoms with Gasteiger partial charge in [0.25, 0.3) is 0 Å². The Morgan fingerprint density at radius 2 is 1.89 bits per heavy atom. The Balaban J connectivity index is 1.92. The summed E-state index contributed by atoms with van der Waals surface area (Å²) in [5.41, 5.74) is 2.97. The molecule has 0 radical (unpaired) electrons. The van der Waals surface area contributed by atoms with Crippen molar-refractivity contribution < 1.29 is 4.39 Å². The molecule has 0 N–H and O–H groups in total. The number of rotatable bonds is 2. The Bertz CT molecular complexity index is 686. The summed E-state index contributed by atoms with van der Waals surface area (Å²) in [7, 11) is 0. The standard InChI is InChI=1S/C14H12FN3/c1-10-2-7-14-16-13(17-18(14)9-10)8-11-3-5-12(15)6-4-11/h2-7,9H,8H2,1H3. The van der Waals surface area contributed by atoms with Crippen LogP contribution in [0.5, 0.6) is 0 Å². The van der Waals surface area contributed by atoms with E-state index in [0.29, 0.717) is 6.42 Å². The fourth-order valence-corrected chi connectivity index (χ4v) is 1.89. The lowest BCUT2D eigenvalue weighted by atomic mass is 10.1. The molecular formula is C14H12FN3. The summed E-state index contributed by atoms with van der Waals surface area (Å²) in [6.07, 6.45) is 2.55. The van der Waals surface area contributed by atoms with Gasteiger partial charge in [0.2, 0.25) is 0 Å². The van der Waals surface area contributed by atoms with Crippen LogP contribution in [0.2, 0.25) is 0 Å². The average molecular weight is 241 g/mol. The van der Waals surface area contributed by atoms with E-state index >= 15 is 0 Å². The highest BCUT2D eigenvalue weighted by molar-refractivity contribution is 5.39. The molecule has 3 rings (SSSR count). The first-order valence-corrected chi connectivity index (χ1v) is 5.77. The maximum atomic E-state index is 12.8. The molecule has 3 aromatic rings. The van der Waals surface area contributed by atoms with E-state index in [4.69, 9.17) is 0 Å². The van der Waals surface area contributed by atoms with Crippen LogP contribution in [0.4, 0.5) is 4.39 Å². The minimum atomic E-state index is -0.225. The Morgan fingerprint density at radius 1 is 1.11 bits per heavy atom. The third-order valence-electron chi connectivity index (χ3n) is 2.80. The lowest BCUT2D eigenvalue weighted by Gasteiger charge is -1.96. The van der Waals surface area contributed by atoms with Crippen LogP contribution < -0.4 is 0 Å². The zero-order valence-corrected chi connectivity index (χ0v) is 9.97. The normalized spacial score (nSPS) is 11.0. The fourth-order valence-electron chi connectivity index (χ4n) is 1.89. The molecule has 3 nitrogen and oxygen atoms in total. The highest BCUT2D eigenvalue weighted by Gasteiger charge is 2.04. The summed E-state index contributed by atoms with van der Waals surface area (Å²) in [5.74, 6) is 0.518. The van der Waals surface area contributed by atoms with Gasteiger partial charge in [-0.2, -0.15) is 5.10 Å². The minimum Gasteiger partial charge on any atom is -0.221 e. The molecule has 2 heterocycles. The summed E-state index contributed by atoms with van der Waals surface area (Å²) in [4.78, 5) is 4.43. The number of hydrogen-bond acceptors (Lipinski definition) is 2. The van der Waals surface area contributed by atoms with E-state index in [1.807, 2.05) is 25.3 Å². The van der Waals surface area contributed by atoms with Crippen LogP contribution in [0, 0.1) is 12.7 Å². The lowest BCUT2D eigenvalue weighted by Crippen LogP contribution is -1.92. The van der Waals surface area contributed by atoms with Crippen molar-refractivity contribution in [3.05, 3.63) is 65.4 Å². The average Bonchev–Trinajstić information content (AvgIpc) is 2.73. The number of benzene rings is 1. The van der Waals surface area contributed by atoms with Gasteiger partial charge in [-0.15, -0.1) is 0 Å². The Kier molecular flexibility index (Phi) is 2.55. The van der Waals surface area contributed by atoms with Crippen LogP contribution in [0.3, 0.4) is 0 Å². The molecule has 18 heavy (non-hydrogen) atoms. The Labute approximate surface area is 104 Å². The molecular weight excluding hydrogens is 229 g/mol. The number of halogens is 1. The summed E-state index contributed by atoms with van der Waals surface area (Å²) < 4.78 is 14.6. The van der Waals surface area contributed by atoms with Gasteiger partial charge in [-0.25, -0.2) is 13.9 Å². The topological polar surface area (TPSA) is 30.2 Å². The molecule has 0 aliphatic carbocycles. The molecule has 2 aromatic heterocycles. The van der Waals surface area contributed by atoms with Gasteiger partial charge in [-0.3, -0.25) is 0 Å². The Morgan fingerprint density at radius 3 is 2.67 bits per heavy atom. The van der Waals surface area contributed by atoms with Crippen molar-refractivity contribution in [2.75, 3.05) is 0 Å². The number of aromatic nitrogens is 3. The third-order valence-corrected chi connectivity index (χ3v) is 2.80. The lowest BCUT2D eigenvalue weighted by molar-refractivity contribution is 0.627. The van der Waals surface area contributed by atoms with E-state index in [0.717, 1.165) is 22.6 Å². The van der Waals surface area contributed by atoms with Gasteiger partial charge in [0, 0.05) is 12.6 Å². The molecule has 0 aliphatic heterocycles. The van der Waals surface area contributed by atoms with E-state index in [1.54, 1.807) is 16.6 Å². The summed E-state index contributed by atoms with van der Waals surface area (Å²) in [6.45, 7) is 2.01. The predicted molar refractivity (Wildman–Crippen MR) is 66.9 cm³/mol. The van der Waals surface area contributed by atoms with Gasteiger partial charge in [-0.1, -0.05) is 18.2 Å². The monoisotopic (exact) mass is 241 g/mol. The van der Waals surface area contributed by atoms with Crippen LogP contribution >= 0.6 is 0 Å². The molecule has 4 heteroatoms. The minimum absolute atomic E-state index is 0.225. The second kappa shape index (κ2) is 4.22. The van der Waals surface area contributed by atoms with Crippen molar-refractivity contribution in [2.24, 2.45) is 0 Å². The van der Waals surface area contributed by atoms with Crippen molar-refractivity contribution in [3.8, 4) is 0 Å². The third kappa shape index (κ3) is 2.09. The van der Waals surface area contributed by atoms with Crippen LogP contribution in [0.1, 0.15) is 17.0 Å². The molecule has 0 fully saturated rings. The summed E-state index contributed by atoms with van der Waals surface area (Å²) >= 11 is 0. The van der Waals surface area contributed by atoms with E-state index in [1.165, 1.54) is 12.1 Å². The van der Waals surface area contributed by atoms with Crippen LogP contribution in [0.15, 0.2) is 42.6 Å². The van der Waals surface area contributed by atoms with E-state index in [9.17, 15) is 4.39 Å². The molecule has 0 atom stereocenters. The molecule has 0 aliphatic rings. The molecule has 0 spiro atoms. The van der Waals surface area contributed by atoms with Gasteiger partial charge >= 0.3 is 0 Å². The molecule has 1 aromatic carbocycles. The predicted octanol–water partition coefficient (Wildman–Crippen LogP) is 2.77. The SMILES string of the molecule is Cc1ccc2nc(Cc3ccc(F)cc3)nn2c1.